The van der Waals surface area contributed by atoms with Crippen LogP contribution in [0, 0.1) is 12.8 Å². The van der Waals surface area contributed by atoms with E-state index in [2.05, 4.69) is 6.92 Å². The lowest BCUT2D eigenvalue weighted by atomic mass is 9.99. The lowest BCUT2D eigenvalue weighted by Crippen LogP contribution is -2.39. The third-order valence-electron chi connectivity index (χ3n) is 3.30. The molecule has 1 saturated heterocycles. The van der Waals surface area contributed by atoms with E-state index in [4.69, 9.17) is 11.6 Å². The number of amides is 1. The minimum Gasteiger partial charge on any atom is -0.338 e. The van der Waals surface area contributed by atoms with Crippen molar-refractivity contribution in [2.45, 2.75) is 26.7 Å². The summed E-state index contributed by atoms with van der Waals surface area (Å²) in [5, 5.41) is 0.563. The second kappa shape index (κ2) is 5.09. The van der Waals surface area contributed by atoms with Crippen molar-refractivity contribution in [3.63, 3.8) is 0 Å². The summed E-state index contributed by atoms with van der Waals surface area (Å²) in [7, 11) is 0. The van der Waals surface area contributed by atoms with Gasteiger partial charge in [-0.3, -0.25) is 4.79 Å². The van der Waals surface area contributed by atoms with Crippen molar-refractivity contribution in [3.05, 3.63) is 34.3 Å². The van der Waals surface area contributed by atoms with Crippen LogP contribution in [0.15, 0.2) is 18.2 Å². The van der Waals surface area contributed by atoms with Crippen LogP contribution in [0.3, 0.4) is 0 Å². The first-order valence-corrected chi connectivity index (χ1v) is 6.51. The molecule has 2 rings (SSSR count). The van der Waals surface area contributed by atoms with Crippen LogP contribution < -0.4 is 0 Å². The standard InChI is InChI=1S/C14H18ClNO/c1-10-5-6-12(13(15)8-10)14(17)16-7-3-4-11(2)9-16/h5-6,8,11H,3-4,7,9H2,1-2H3/t11-/m0/s1. The van der Waals surface area contributed by atoms with E-state index >= 15 is 0 Å². The number of likely N-dealkylation sites (tertiary alicyclic amines) is 1. The van der Waals surface area contributed by atoms with Crippen LogP contribution in [0.2, 0.25) is 5.02 Å². The highest BCUT2D eigenvalue weighted by molar-refractivity contribution is 6.33. The number of hydrogen-bond acceptors (Lipinski definition) is 1. The predicted molar refractivity (Wildman–Crippen MR) is 70.5 cm³/mol. The molecule has 1 fully saturated rings. The molecule has 0 unspecified atom stereocenters. The van der Waals surface area contributed by atoms with Gasteiger partial charge in [0.05, 0.1) is 10.6 Å². The van der Waals surface area contributed by atoms with E-state index in [9.17, 15) is 4.79 Å². The van der Waals surface area contributed by atoms with Gasteiger partial charge in [-0.25, -0.2) is 0 Å². The van der Waals surface area contributed by atoms with Gasteiger partial charge in [0.25, 0.3) is 5.91 Å². The zero-order valence-electron chi connectivity index (χ0n) is 10.4. The first-order valence-electron chi connectivity index (χ1n) is 6.13. The van der Waals surface area contributed by atoms with E-state index in [1.54, 1.807) is 0 Å². The average molecular weight is 252 g/mol. The average Bonchev–Trinajstić information content (AvgIpc) is 2.28. The van der Waals surface area contributed by atoms with Gasteiger partial charge in [0, 0.05) is 13.1 Å². The zero-order chi connectivity index (χ0) is 12.4. The Kier molecular flexibility index (Phi) is 3.72. The quantitative estimate of drug-likeness (QED) is 0.748. The van der Waals surface area contributed by atoms with Crippen LogP contribution in [0.5, 0.6) is 0 Å². The molecule has 1 aliphatic heterocycles. The number of carbonyl (C=O) groups is 1. The van der Waals surface area contributed by atoms with Gasteiger partial charge in [-0.15, -0.1) is 0 Å². The number of nitrogens with zero attached hydrogens (tertiary/aromatic N) is 1. The van der Waals surface area contributed by atoms with Crippen LogP contribution in [-0.4, -0.2) is 23.9 Å². The fourth-order valence-electron chi connectivity index (χ4n) is 2.34. The topological polar surface area (TPSA) is 20.3 Å². The summed E-state index contributed by atoms with van der Waals surface area (Å²) in [6.45, 7) is 5.87. The number of carbonyl (C=O) groups excluding carboxylic acids is 1. The van der Waals surface area contributed by atoms with Gasteiger partial charge in [0.2, 0.25) is 0 Å². The molecule has 1 atom stereocenters. The molecule has 1 aromatic rings. The van der Waals surface area contributed by atoms with Crippen LogP contribution in [0.1, 0.15) is 35.7 Å². The fraction of sp³-hybridized carbons (Fsp3) is 0.500. The molecule has 1 heterocycles. The number of halogens is 1. The Hall–Kier alpha value is -1.02. The Balaban J connectivity index is 2.18. The predicted octanol–water partition coefficient (Wildman–Crippen LogP) is 3.52. The zero-order valence-corrected chi connectivity index (χ0v) is 11.1. The number of aryl methyl sites for hydroxylation is 1. The van der Waals surface area contributed by atoms with E-state index in [0.29, 0.717) is 16.5 Å². The summed E-state index contributed by atoms with van der Waals surface area (Å²) >= 11 is 6.13. The molecule has 0 spiro atoms. The molecule has 0 bridgehead atoms. The molecule has 2 nitrogen and oxygen atoms in total. The van der Waals surface area contributed by atoms with E-state index in [0.717, 1.165) is 25.1 Å². The van der Waals surface area contributed by atoms with Gasteiger partial charge >= 0.3 is 0 Å². The van der Waals surface area contributed by atoms with Gasteiger partial charge in [-0.05, 0) is 43.4 Å². The SMILES string of the molecule is Cc1ccc(C(=O)N2CCC[C@H](C)C2)c(Cl)c1. The molecule has 0 radical (unpaired) electrons. The fourth-order valence-corrected chi connectivity index (χ4v) is 2.65. The lowest BCUT2D eigenvalue weighted by Gasteiger charge is -2.31. The van der Waals surface area contributed by atoms with Crippen molar-refractivity contribution in [2.75, 3.05) is 13.1 Å². The van der Waals surface area contributed by atoms with Crippen molar-refractivity contribution in [3.8, 4) is 0 Å². The molecular formula is C14H18ClNO. The van der Waals surface area contributed by atoms with Gasteiger partial charge < -0.3 is 4.90 Å². The normalized spacial score (nSPS) is 20.4. The maximum absolute atomic E-state index is 12.3. The monoisotopic (exact) mass is 251 g/mol. The maximum atomic E-state index is 12.3. The summed E-state index contributed by atoms with van der Waals surface area (Å²) in [5.74, 6) is 0.665. The first-order chi connectivity index (χ1) is 8.08. The summed E-state index contributed by atoms with van der Waals surface area (Å²) in [6, 6.07) is 5.62. The van der Waals surface area contributed by atoms with Crippen LogP contribution in [0.4, 0.5) is 0 Å². The Labute approximate surface area is 108 Å². The highest BCUT2D eigenvalue weighted by atomic mass is 35.5. The summed E-state index contributed by atoms with van der Waals surface area (Å²) in [4.78, 5) is 14.2. The van der Waals surface area contributed by atoms with Crippen LogP contribution in [0.25, 0.3) is 0 Å². The lowest BCUT2D eigenvalue weighted by molar-refractivity contribution is 0.0683. The summed E-state index contributed by atoms with van der Waals surface area (Å²) in [5.41, 5.74) is 1.71. The van der Waals surface area contributed by atoms with Gasteiger partial charge in [0.1, 0.15) is 0 Å². The molecule has 1 amide bonds. The second-order valence-corrected chi connectivity index (χ2v) is 5.39. The highest BCUT2D eigenvalue weighted by Gasteiger charge is 2.23. The molecule has 0 aliphatic carbocycles. The minimum absolute atomic E-state index is 0.0709. The van der Waals surface area contributed by atoms with Crippen molar-refractivity contribution < 1.29 is 4.79 Å². The molecular weight excluding hydrogens is 234 g/mol. The summed E-state index contributed by atoms with van der Waals surface area (Å²) < 4.78 is 0. The molecule has 3 heteroatoms. The first kappa shape index (κ1) is 12.4. The smallest absolute Gasteiger partial charge is 0.255 e. The van der Waals surface area contributed by atoms with Crippen LogP contribution in [-0.2, 0) is 0 Å². The number of rotatable bonds is 1. The van der Waals surface area contributed by atoms with Crippen LogP contribution >= 0.6 is 11.6 Å². The number of piperidine rings is 1. The minimum atomic E-state index is 0.0709. The van der Waals surface area contributed by atoms with E-state index < -0.39 is 0 Å². The molecule has 1 aromatic carbocycles. The molecule has 0 N–H and O–H groups in total. The number of benzene rings is 1. The largest absolute Gasteiger partial charge is 0.338 e. The Morgan fingerprint density at radius 1 is 1.47 bits per heavy atom. The third kappa shape index (κ3) is 2.81. The van der Waals surface area contributed by atoms with Crippen molar-refractivity contribution in [2.24, 2.45) is 5.92 Å². The third-order valence-corrected chi connectivity index (χ3v) is 3.61. The molecule has 0 saturated carbocycles. The Morgan fingerprint density at radius 3 is 2.88 bits per heavy atom. The Bertz CT molecular complexity index is 430. The van der Waals surface area contributed by atoms with E-state index in [1.807, 2.05) is 30.0 Å². The van der Waals surface area contributed by atoms with Crippen molar-refractivity contribution in [1.82, 2.24) is 4.90 Å². The van der Waals surface area contributed by atoms with Gasteiger partial charge in [0.15, 0.2) is 0 Å². The van der Waals surface area contributed by atoms with Gasteiger partial charge in [-0.1, -0.05) is 24.6 Å². The second-order valence-electron chi connectivity index (χ2n) is 4.98. The maximum Gasteiger partial charge on any atom is 0.255 e. The Morgan fingerprint density at radius 2 is 2.24 bits per heavy atom. The molecule has 1 aliphatic rings. The van der Waals surface area contributed by atoms with Crippen molar-refractivity contribution in [1.29, 1.82) is 0 Å². The van der Waals surface area contributed by atoms with Crippen molar-refractivity contribution >= 4 is 17.5 Å². The van der Waals surface area contributed by atoms with E-state index in [1.165, 1.54) is 6.42 Å². The summed E-state index contributed by atoms with van der Waals surface area (Å²) in [6.07, 6.45) is 2.31. The molecule has 17 heavy (non-hydrogen) atoms. The van der Waals surface area contributed by atoms with Gasteiger partial charge in [-0.2, -0.15) is 0 Å². The molecule has 0 aromatic heterocycles. The highest BCUT2D eigenvalue weighted by Crippen LogP contribution is 2.22. The van der Waals surface area contributed by atoms with E-state index in [-0.39, 0.29) is 5.91 Å². The number of hydrogen-bond donors (Lipinski definition) is 0. The molecule has 92 valence electrons.